The molecule has 9 heteroatoms. The predicted octanol–water partition coefficient (Wildman–Crippen LogP) is 4.68. The molecule has 2 amide bonds. The zero-order valence-corrected chi connectivity index (χ0v) is 12.3. The third-order valence-electron chi connectivity index (χ3n) is 2.60. The predicted molar refractivity (Wildman–Crippen MR) is 82.2 cm³/mol. The minimum absolute atomic E-state index is 0.0252. The van der Waals surface area contributed by atoms with Crippen LogP contribution in [-0.2, 0) is 0 Å². The molecule has 0 aliphatic carbocycles. The highest BCUT2D eigenvalue weighted by Gasteiger charge is 2.15. The first-order valence-corrected chi connectivity index (χ1v) is 6.60. The molecule has 0 aliphatic rings. The van der Waals surface area contributed by atoms with E-state index in [1.54, 1.807) is 0 Å². The third-order valence-corrected chi connectivity index (χ3v) is 3.24. The molecule has 0 fully saturated rings. The van der Waals surface area contributed by atoms with Gasteiger partial charge in [-0.15, -0.1) is 0 Å². The lowest BCUT2D eigenvalue weighted by Gasteiger charge is -2.10. The summed E-state index contributed by atoms with van der Waals surface area (Å²) in [4.78, 5) is 21.9. The average molecular weight is 344 g/mol. The van der Waals surface area contributed by atoms with E-state index in [2.05, 4.69) is 10.6 Å². The highest BCUT2D eigenvalue weighted by Crippen LogP contribution is 2.28. The van der Waals surface area contributed by atoms with Crippen LogP contribution in [0.25, 0.3) is 0 Å². The Bertz CT molecular complexity index is 735. The molecule has 0 saturated carbocycles. The van der Waals surface area contributed by atoms with Crippen LogP contribution in [0.3, 0.4) is 0 Å². The number of halogens is 3. The molecule has 0 atom stereocenters. The van der Waals surface area contributed by atoms with Gasteiger partial charge in [0, 0.05) is 11.8 Å². The number of benzene rings is 2. The van der Waals surface area contributed by atoms with Gasteiger partial charge in [0.1, 0.15) is 10.8 Å². The highest BCUT2D eigenvalue weighted by molar-refractivity contribution is 6.34. The molecule has 114 valence electrons. The topological polar surface area (TPSA) is 84.3 Å². The number of carbonyl (C=O) groups is 1. The molecule has 0 aliphatic heterocycles. The Morgan fingerprint density at radius 3 is 2.50 bits per heavy atom. The van der Waals surface area contributed by atoms with Crippen molar-refractivity contribution in [2.45, 2.75) is 0 Å². The van der Waals surface area contributed by atoms with Crippen molar-refractivity contribution in [2.24, 2.45) is 0 Å². The van der Waals surface area contributed by atoms with Gasteiger partial charge in [-0.3, -0.25) is 10.1 Å². The molecule has 0 radical (unpaired) electrons. The Kier molecular flexibility index (Phi) is 4.79. The molecule has 0 unspecified atom stereocenters. The van der Waals surface area contributed by atoms with Gasteiger partial charge in [0.2, 0.25) is 0 Å². The Hall–Kier alpha value is -2.38. The van der Waals surface area contributed by atoms with E-state index in [0.717, 1.165) is 12.1 Å². The second-order valence-corrected chi connectivity index (χ2v) is 4.91. The van der Waals surface area contributed by atoms with Crippen molar-refractivity contribution >= 4 is 46.3 Å². The lowest BCUT2D eigenvalue weighted by Crippen LogP contribution is -2.20. The quantitative estimate of drug-likeness (QED) is 0.626. The van der Waals surface area contributed by atoms with Crippen LogP contribution in [-0.4, -0.2) is 11.0 Å². The van der Waals surface area contributed by atoms with Gasteiger partial charge in [-0.05, 0) is 24.3 Å². The molecule has 0 aromatic heterocycles. The minimum Gasteiger partial charge on any atom is -0.307 e. The lowest BCUT2D eigenvalue weighted by molar-refractivity contribution is -0.384. The van der Waals surface area contributed by atoms with Crippen molar-refractivity contribution < 1.29 is 14.1 Å². The van der Waals surface area contributed by atoms with Crippen LogP contribution >= 0.6 is 23.2 Å². The fraction of sp³-hybridized carbons (Fsp3) is 0. The van der Waals surface area contributed by atoms with Crippen LogP contribution in [0.15, 0.2) is 36.4 Å². The number of amides is 2. The maximum Gasteiger partial charge on any atom is 0.323 e. The summed E-state index contributed by atoms with van der Waals surface area (Å²) in [5.74, 6) is -0.704. The second-order valence-electron chi connectivity index (χ2n) is 4.10. The fourth-order valence-electron chi connectivity index (χ4n) is 1.62. The van der Waals surface area contributed by atoms with Crippen molar-refractivity contribution in [1.82, 2.24) is 0 Å². The molecule has 0 spiro atoms. The van der Waals surface area contributed by atoms with Gasteiger partial charge >= 0.3 is 6.03 Å². The number of rotatable bonds is 3. The zero-order chi connectivity index (χ0) is 16.3. The van der Waals surface area contributed by atoms with Crippen molar-refractivity contribution in [3.05, 3.63) is 62.4 Å². The number of nitrogens with zero attached hydrogens (tertiary/aromatic N) is 1. The number of urea groups is 1. The highest BCUT2D eigenvalue weighted by atomic mass is 35.5. The van der Waals surface area contributed by atoms with E-state index in [-0.39, 0.29) is 27.1 Å². The summed E-state index contributed by atoms with van der Waals surface area (Å²) in [6.45, 7) is 0. The number of anilines is 2. The van der Waals surface area contributed by atoms with Gasteiger partial charge < -0.3 is 10.6 Å². The van der Waals surface area contributed by atoms with Crippen molar-refractivity contribution in [2.75, 3.05) is 10.6 Å². The monoisotopic (exact) mass is 343 g/mol. The number of nitro benzene ring substituents is 1. The number of hydrogen-bond donors (Lipinski definition) is 2. The maximum atomic E-state index is 13.5. The standard InChI is InChI=1S/C13H8Cl2FN3O3/c14-8-5-4-7(6-11(8)19(21)22)17-13(20)18-12-9(15)2-1-3-10(12)16/h1-6H,(H2,17,18,20). The van der Waals surface area contributed by atoms with E-state index in [1.165, 1.54) is 24.3 Å². The lowest BCUT2D eigenvalue weighted by atomic mass is 10.3. The van der Waals surface area contributed by atoms with Gasteiger partial charge in [0.25, 0.3) is 5.69 Å². The van der Waals surface area contributed by atoms with Crippen LogP contribution < -0.4 is 10.6 Å². The second kappa shape index (κ2) is 6.59. The number of nitrogens with one attached hydrogen (secondary N) is 2. The fourth-order valence-corrected chi connectivity index (χ4v) is 2.02. The molecule has 2 aromatic carbocycles. The summed E-state index contributed by atoms with van der Waals surface area (Å²) in [5, 5.41) is 15.3. The minimum atomic E-state index is -0.802. The molecule has 2 rings (SSSR count). The molecular formula is C13H8Cl2FN3O3. The summed E-state index contributed by atoms with van der Waals surface area (Å²) in [7, 11) is 0. The summed E-state index contributed by atoms with van der Waals surface area (Å²) >= 11 is 11.4. The first-order chi connectivity index (χ1) is 10.4. The van der Waals surface area contributed by atoms with E-state index in [4.69, 9.17) is 23.2 Å². The number of nitro groups is 1. The first-order valence-electron chi connectivity index (χ1n) is 5.84. The molecule has 6 nitrogen and oxygen atoms in total. The largest absolute Gasteiger partial charge is 0.323 e. The average Bonchev–Trinajstić information content (AvgIpc) is 2.45. The van der Waals surface area contributed by atoms with Crippen LogP contribution in [0.5, 0.6) is 0 Å². The van der Waals surface area contributed by atoms with E-state index >= 15 is 0 Å². The summed E-state index contributed by atoms with van der Waals surface area (Å²) in [6.07, 6.45) is 0. The SMILES string of the molecule is O=C(Nc1ccc(Cl)c([N+](=O)[O-])c1)Nc1c(F)cccc1Cl. The smallest absolute Gasteiger partial charge is 0.307 e. The van der Waals surface area contributed by atoms with Crippen LogP contribution in [0, 0.1) is 15.9 Å². The molecule has 0 heterocycles. The third kappa shape index (κ3) is 3.63. The number of carbonyl (C=O) groups excluding carboxylic acids is 1. The molecule has 0 bridgehead atoms. The van der Waals surface area contributed by atoms with E-state index in [1.807, 2.05) is 0 Å². The van der Waals surface area contributed by atoms with E-state index < -0.39 is 16.8 Å². The normalized spacial score (nSPS) is 10.1. The number of para-hydroxylation sites is 1. The first kappa shape index (κ1) is 16.0. The Morgan fingerprint density at radius 1 is 1.14 bits per heavy atom. The van der Waals surface area contributed by atoms with Crippen molar-refractivity contribution in [3.8, 4) is 0 Å². The summed E-state index contributed by atoms with van der Waals surface area (Å²) in [6, 6.07) is 6.86. The Balaban J connectivity index is 2.16. The summed E-state index contributed by atoms with van der Waals surface area (Å²) < 4.78 is 13.5. The van der Waals surface area contributed by atoms with E-state index in [0.29, 0.717) is 0 Å². The van der Waals surface area contributed by atoms with Crippen LogP contribution in [0.4, 0.5) is 26.2 Å². The van der Waals surface area contributed by atoms with Gasteiger partial charge in [-0.2, -0.15) is 0 Å². The van der Waals surface area contributed by atoms with Gasteiger partial charge in [0.15, 0.2) is 0 Å². The Labute approximate surface area is 134 Å². The maximum absolute atomic E-state index is 13.5. The Morgan fingerprint density at radius 2 is 1.86 bits per heavy atom. The number of hydrogen-bond acceptors (Lipinski definition) is 3. The van der Waals surface area contributed by atoms with Gasteiger partial charge in [-0.1, -0.05) is 29.3 Å². The van der Waals surface area contributed by atoms with Crippen LogP contribution in [0.1, 0.15) is 0 Å². The molecular weight excluding hydrogens is 336 g/mol. The summed E-state index contributed by atoms with van der Waals surface area (Å²) in [5.41, 5.74) is -0.422. The molecule has 2 aromatic rings. The van der Waals surface area contributed by atoms with E-state index in [9.17, 15) is 19.3 Å². The molecule has 22 heavy (non-hydrogen) atoms. The molecule has 2 N–H and O–H groups in total. The van der Waals surface area contributed by atoms with Gasteiger partial charge in [-0.25, -0.2) is 9.18 Å². The van der Waals surface area contributed by atoms with Gasteiger partial charge in [0.05, 0.1) is 15.6 Å². The van der Waals surface area contributed by atoms with Crippen LogP contribution in [0.2, 0.25) is 10.0 Å². The van der Waals surface area contributed by atoms with Crippen molar-refractivity contribution in [1.29, 1.82) is 0 Å². The molecule has 0 saturated heterocycles. The van der Waals surface area contributed by atoms with Crippen molar-refractivity contribution in [3.63, 3.8) is 0 Å². The zero-order valence-electron chi connectivity index (χ0n) is 10.8.